The van der Waals surface area contributed by atoms with E-state index in [2.05, 4.69) is 10.4 Å². The van der Waals surface area contributed by atoms with E-state index in [0.717, 1.165) is 29.6 Å². The number of carbonyl (C=O) groups excluding carboxylic acids is 2. The molecule has 31 heavy (non-hydrogen) atoms. The second-order valence-electron chi connectivity index (χ2n) is 7.83. The molecule has 1 aliphatic carbocycles. The molecule has 1 fully saturated rings. The van der Waals surface area contributed by atoms with Gasteiger partial charge in [-0.1, -0.05) is 11.6 Å². The number of nitrogens with one attached hydrogen (secondary N) is 1. The Labute approximate surface area is 185 Å². The van der Waals surface area contributed by atoms with Crippen molar-refractivity contribution in [2.45, 2.75) is 25.7 Å². The highest BCUT2D eigenvalue weighted by molar-refractivity contribution is 6.31. The van der Waals surface area contributed by atoms with Crippen LogP contribution in [0.15, 0.2) is 24.3 Å². The van der Waals surface area contributed by atoms with Crippen LogP contribution in [0.5, 0.6) is 5.75 Å². The van der Waals surface area contributed by atoms with Gasteiger partial charge in [-0.15, -0.1) is 0 Å². The lowest BCUT2D eigenvalue weighted by atomic mass is 10.1. The molecule has 0 saturated heterocycles. The number of hydrogen-bond donors (Lipinski definition) is 1. The number of benzene rings is 1. The minimum atomic E-state index is -0.355. The molecule has 0 aliphatic heterocycles. The number of nitrogens with zero attached hydrogens (tertiary/aromatic N) is 4. The molecule has 0 unspecified atom stereocenters. The number of likely N-dealkylation sites (N-methyl/N-ethyl adjacent to an activating group) is 1. The topological polar surface area (TPSA) is 89.3 Å². The van der Waals surface area contributed by atoms with Crippen molar-refractivity contribution >= 4 is 40.1 Å². The zero-order valence-electron chi connectivity index (χ0n) is 17.9. The van der Waals surface area contributed by atoms with E-state index in [1.807, 2.05) is 20.0 Å². The second kappa shape index (κ2) is 8.19. The number of aromatic nitrogens is 3. The van der Waals surface area contributed by atoms with Gasteiger partial charge in [0.1, 0.15) is 5.75 Å². The molecule has 2 amide bonds. The van der Waals surface area contributed by atoms with Crippen LogP contribution in [0.1, 0.15) is 40.5 Å². The molecule has 1 saturated carbocycles. The average molecular weight is 442 g/mol. The van der Waals surface area contributed by atoms with Crippen LogP contribution in [-0.2, 0) is 11.8 Å². The maximum absolute atomic E-state index is 13.3. The summed E-state index contributed by atoms with van der Waals surface area (Å²) in [5, 5.41) is 8.39. The minimum absolute atomic E-state index is 0.129. The summed E-state index contributed by atoms with van der Waals surface area (Å²) in [6.07, 6.45) is 2.14. The van der Waals surface area contributed by atoms with Crippen LogP contribution < -0.4 is 10.1 Å². The van der Waals surface area contributed by atoms with Crippen molar-refractivity contribution in [1.82, 2.24) is 19.7 Å². The van der Waals surface area contributed by atoms with Crippen molar-refractivity contribution in [2.24, 2.45) is 7.05 Å². The first-order valence-electron chi connectivity index (χ1n) is 10.0. The fourth-order valence-electron chi connectivity index (χ4n) is 3.68. The number of ether oxygens (including phenoxy) is 1. The molecule has 1 aromatic carbocycles. The number of hydrogen-bond acceptors (Lipinski definition) is 5. The third-order valence-electron chi connectivity index (χ3n) is 5.38. The highest BCUT2D eigenvalue weighted by Crippen LogP contribution is 2.40. The van der Waals surface area contributed by atoms with Gasteiger partial charge >= 0.3 is 0 Å². The fourth-order valence-corrected chi connectivity index (χ4v) is 3.85. The van der Waals surface area contributed by atoms with E-state index in [4.69, 9.17) is 21.3 Å². The molecule has 2 aromatic heterocycles. The van der Waals surface area contributed by atoms with E-state index in [9.17, 15) is 9.59 Å². The molecule has 2 heterocycles. The predicted molar refractivity (Wildman–Crippen MR) is 119 cm³/mol. The molecule has 1 N–H and O–H groups in total. The summed E-state index contributed by atoms with van der Waals surface area (Å²) in [5.74, 6) is 0.267. The third kappa shape index (κ3) is 4.20. The molecule has 9 heteroatoms. The van der Waals surface area contributed by atoms with Crippen LogP contribution in [0.4, 0.5) is 5.69 Å². The van der Waals surface area contributed by atoms with Crippen LogP contribution in [0, 0.1) is 6.92 Å². The summed E-state index contributed by atoms with van der Waals surface area (Å²) in [7, 11) is 4.94. The Morgan fingerprint density at radius 2 is 2.06 bits per heavy atom. The quantitative estimate of drug-likeness (QED) is 0.632. The lowest BCUT2D eigenvalue weighted by molar-refractivity contribution is -0.116. The van der Waals surface area contributed by atoms with Crippen molar-refractivity contribution in [3.63, 3.8) is 0 Å². The Balaban J connectivity index is 1.58. The standard InChI is InChI=1S/C22H24ClN5O3/c1-12-20-15(10-16(13-5-6-13)25-21(20)28(3)26-12)22(30)27(2)11-19(29)24-17-9-14(23)7-8-18(17)31-4/h7-10,13H,5-6,11H2,1-4H3,(H,24,29). The average Bonchev–Trinajstić information content (AvgIpc) is 3.53. The SMILES string of the molecule is COc1ccc(Cl)cc1NC(=O)CN(C)C(=O)c1cc(C2CC2)nc2c1c(C)nn2C. The molecule has 0 radical (unpaired) electrons. The molecule has 162 valence electrons. The zero-order chi connectivity index (χ0) is 22.3. The van der Waals surface area contributed by atoms with Gasteiger partial charge in [-0.2, -0.15) is 5.10 Å². The molecule has 8 nitrogen and oxygen atoms in total. The van der Waals surface area contributed by atoms with Gasteiger partial charge < -0.3 is 15.0 Å². The number of pyridine rings is 1. The fraction of sp³-hybridized carbons (Fsp3) is 0.364. The minimum Gasteiger partial charge on any atom is -0.495 e. The summed E-state index contributed by atoms with van der Waals surface area (Å²) >= 11 is 6.03. The van der Waals surface area contributed by atoms with E-state index in [0.29, 0.717) is 33.6 Å². The number of anilines is 1. The van der Waals surface area contributed by atoms with Gasteiger partial charge in [-0.25, -0.2) is 4.98 Å². The summed E-state index contributed by atoms with van der Waals surface area (Å²) in [4.78, 5) is 32.1. The maximum Gasteiger partial charge on any atom is 0.254 e. The molecular weight excluding hydrogens is 418 g/mol. The van der Waals surface area contributed by atoms with Gasteiger partial charge in [-0.05, 0) is 44.0 Å². The van der Waals surface area contributed by atoms with Crippen molar-refractivity contribution in [1.29, 1.82) is 0 Å². The molecular formula is C22H24ClN5O3. The molecule has 0 atom stereocenters. The van der Waals surface area contributed by atoms with E-state index < -0.39 is 0 Å². The van der Waals surface area contributed by atoms with Crippen LogP contribution >= 0.6 is 11.6 Å². The highest BCUT2D eigenvalue weighted by atomic mass is 35.5. The molecule has 0 spiro atoms. The van der Waals surface area contributed by atoms with E-state index in [1.165, 1.54) is 12.0 Å². The number of fused-ring (bicyclic) bond motifs is 1. The Kier molecular flexibility index (Phi) is 5.58. The van der Waals surface area contributed by atoms with Crippen LogP contribution in [0.25, 0.3) is 11.0 Å². The van der Waals surface area contributed by atoms with Gasteiger partial charge in [0, 0.05) is 30.7 Å². The summed E-state index contributed by atoms with van der Waals surface area (Å²) in [6.45, 7) is 1.73. The van der Waals surface area contributed by atoms with Crippen LogP contribution in [-0.4, -0.2) is 52.2 Å². The Morgan fingerprint density at radius 1 is 1.32 bits per heavy atom. The number of amides is 2. The second-order valence-corrected chi connectivity index (χ2v) is 8.27. The Hall–Kier alpha value is -3.13. The van der Waals surface area contributed by atoms with Crippen LogP contribution in [0.3, 0.4) is 0 Å². The Morgan fingerprint density at radius 3 is 2.74 bits per heavy atom. The predicted octanol–water partition coefficient (Wildman–Crippen LogP) is 3.53. The van der Waals surface area contributed by atoms with Crippen molar-refractivity contribution < 1.29 is 14.3 Å². The van der Waals surface area contributed by atoms with E-state index >= 15 is 0 Å². The Bertz CT molecular complexity index is 1190. The summed E-state index contributed by atoms with van der Waals surface area (Å²) in [5.41, 5.74) is 3.30. The first-order valence-corrected chi connectivity index (χ1v) is 10.4. The number of aryl methyl sites for hydroxylation is 2. The van der Waals surface area contributed by atoms with Gasteiger partial charge in [0.2, 0.25) is 5.91 Å². The number of rotatable bonds is 6. The largest absolute Gasteiger partial charge is 0.495 e. The molecule has 4 rings (SSSR count). The first-order chi connectivity index (χ1) is 14.8. The van der Waals surface area contributed by atoms with Crippen molar-refractivity contribution in [2.75, 3.05) is 26.0 Å². The summed E-state index contributed by atoms with van der Waals surface area (Å²) < 4.78 is 6.96. The van der Waals surface area contributed by atoms with Gasteiger partial charge in [0.05, 0.1) is 36.0 Å². The monoisotopic (exact) mass is 441 g/mol. The third-order valence-corrected chi connectivity index (χ3v) is 5.61. The van der Waals surface area contributed by atoms with Gasteiger partial charge in [0.15, 0.2) is 5.65 Å². The summed E-state index contributed by atoms with van der Waals surface area (Å²) in [6, 6.07) is 6.80. The smallest absolute Gasteiger partial charge is 0.254 e. The number of methoxy groups -OCH3 is 1. The normalized spacial score (nSPS) is 13.3. The van der Waals surface area contributed by atoms with E-state index in [-0.39, 0.29) is 18.4 Å². The number of carbonyl (C=O) groups is 2. The van der Waals surface area contributed by atoms with Gasteiger partial charge in [-0.3, -0.25) is 14.3 Å². The van der Waals surface area contributed by atoms with Crippen molar-refractivity contribution in [3.8, 4) is 5.75 Å². The van der Waals surface area contributed by atoms with Gasteiger partial charge in [0.25, 0.3) is 5.91 Å². The van der Waals surface area contributed by atoms with E-state index in [1.54, 1.807) is 29.9 Å². The maximum atomic E-state index is 13.3. The number of halogens is 1. The highest BCUT2D eigenvalue weighted by Gasteiger charge is 2.29. The lowest BCUT2D eigenvalue weighted by Gasteiger charge is -2.19. The first kappa shape index (κ1) is 21.1. The molecule has 1 aliphatic rings. The lowest BCUT2D eigenvalue weighted by Crippen LogP contribution is -2.35. The zero-order valence-corrected chi connectivity index (χ0v) is 18.7. The molecule has 3 aromatic rings. The van der Waals surface area contributed by atoms with Crippen LogP contribution in [0.2, 0.25) is 5.02 Å². The van der Waals surface area contributed by atoms with Crippen molar-refractivity contribution in [3.05, 3.63) is 46.2 Å². The molecule has 0 bridgehead atoms.